The lowest BCUT2D eigenvalue weighted by Gasteiger charge is -2.48. The maximum atomic E-state index is 11.3. The molecule has 2 aromatic carbocycles. The number of hydrogen-bond acceptors (Lipinski definition) is 4. The van der Waals surface area contributed by atoms with Gasteiger partial charge in [-0.3, -0.25) is 0 Å². The number of aromatic hydroxyl groups is 1. The second kappa shape index (κ2) is 7.26. The summed E-state index contributed by atoms with van der Waals surface area (Å²) in [5.41, 5.74) is 2.47. The minimum atomic E-state index is -0.719. The van der Waals surface area contributed by atoms with Crippen LogP contribution in [-0.4, -0.2) is 18.4 Å². The van der Waals surface area contributed by atoms with Crippen LogP contribution in [0, 0.1) is 11.3 Å². The van der Waals surface area contributed by atoms with Crippen molar-refractivity contribution in [2.45, 2.75) is 45.4 Å². The highest BCUT2D eigenvalue weighted by Crippen LogP contribution is 2.53. The molecular weight excluding hydrogens is 340 g/mol. The molecule has 0 aliphatic heterocycles. The van der Waals surface area contributed by atoms with Crippen LogP contribution in [0.15, 0.2) is 48.5 Å². The molecule has 1 fully saturated rings. The first kappa shape index (κ1) is 19.3. The van der Waals surface area contributed by atoms with Gasteiger partial charge in [0, 0.05) is 5.41 Å². The van der Waals surface area contributed by atoms with Crippen LogP contribution in [0.2, 0.25) is 0 Å². The van der Waals surface area contributed by atoms with Crippen LogP contribution in [0.25, 0.3) is 0 Å². The Balaban J connectivity index is 2.05. The van der Waals surface area contributed by atoms with Gasteiger partial charge in [0.1, 0.15) is 11.5 Å². The van der Waals surface area contributed by atoms with Gasteiger partial charge in [-0.2, -0.15) is 0 Å². The summed E-state index contributed by atoms with van der Waals surface area (Å²) >= 11 is 0. The number of ether oxygens (including phenoxy) is 2. The number of phenolic OH excluding ortho intramolecular Hbond substituents is 1. The predicted molar refractivity (Wildman–Crippen MR) is 105 cm³/mol. The normalized spacial score (nSPS) is 24.2. The van der Waals surface area contributed by atoms with E-state index in [4.69, 9.17) is 4.74 Å². The molecule has 1 saturated carbocycles. The lowest BCUT2D eigenvalue weighted by Crippen LogP contribution is -2.41. The lowest BCUT2D eigenvalue weighted by molar-refractivity contribution is 0.121. The minimum Gasteiger partial charge on any atom is -0.508 e. The monoisotopic (exact) mass is 368 g/mol. The second-order valence-electron chi connectivity index (χ2n) is 8.56. The topological polar surface area (TPSA) is 55.8 Å². The molecule has 1 aliphatic rings. The Hall–Kier alpha value is -2.49. The summed E-state index contributed by atoms with van der Waals surface area (Å²) in [7, 11) is 1.29. The molecule has 0 spiro atoms. The van der Waals surface area contributed by atoms with Crippen LogP contribution in [0.3, 0.4) is 0 Å². The first-order valence-corrected chi connectivity index (χ1v) is 9.40. The molecule has 144 valence electrons. The second-order valence-corrected chi connectivity index (χ2v) is 8.56. The van der Waals surface area contributed by atoms with Crippen LogP contribution in [0.5, 0.6) is 11.5 Å². The van der Waals surface area contributed by atoms with Crippen molar-refractivity contribution in [2.75, 3.05) is 7.11 Å². The van der Waals surface area contributed by atoms with Crippen molar-refractivity contribution in [1.82, 2.24) is 0 Å². The van der Waals surface area contributed by atoms with E-state index in [-0.39, 0.29) is 16.6 Å². The van der Waals surface area contributed by atoms with Gasteiger partial charge < -0.3 is 14.6 Å². The molecule has 0 amide bonds. The lowest BCUT2D eigenvalue weighted by atomic mass is 9.55. The third-order valence-corrected chi connectivity index (χ3v) is 5.57. The Morgan fingerprint density at radius 1 is 1.00 bits per heavy atom. The summed E-state index contributed by atoms with van der Waals surface area (Å²) in [5, 5.41) is 9.75. The largest absolute Gasteiger partial charge is 0.513 e. The van der Waals surface area contributed by atoms with Gasteiger partial charge in [-0.15, -0.1) is 0 Å². The van der Waals surface area contributed by atoms with E-state index in [1.54, 1.807) is 12.1 Å². The Labute approximate surface area is 161 Å². The van der Waals surface area contributed by atoms with Gasteiger partial charge in [-0.1, -0.05) is 45.0 Å². The van der Waals surface area contributed by atoms with Gasteiger partial charge in [0.05, 0.1) is 7.11 Å². The van der Waals surface area contributed by atoms with Crippen molar-refractivity contribution in [3.05, 3.63) is 59.7 Å². The highest BCUT2D eigenvalue weighted by atomic mass is 16.7. The van der Waals surface area contributed by atoms with Crippen LogP contribution in [0.1, 0.15) is 51.2 Å². The van der Waals surface area contributed by atoms with E-state index >= 15 is 0 Å². The third-order valence-electron chi connectivity index (χ3n) is 5.57. The molecular formula is C23H28O4. The first-order chi connectivity index (χ1) is 12.7. The summed E-state index contributed by atoms with van der Waals surface area (Å²) in [4.78, 5) is 11.3. The molecule has 3 rings (SSSR count). The van der Waals surface area contributed by atoms with E-state index < -0.39 is 6.16 Å². The van der Waals surface area contributed by atoms with Crippen molar-refractivity contribution in [1.29, 1.82) is 0 Å². The standard InChI is InChI=1S/C23H28O4/c1-16-13-22(2,3)15-23(14-16,17-5-9-19(24)10-6-17)18-7-11-20(12-8-18)27-21(25)26-4/h5-12,16,24H,13-15H2,1-4H3. The van der Waals surface area contributed by atoms with E-state index in [1.807, 2.05) is 36.4 Å². The molecule has 2 atom stereocenters. The van der Waals surface area contributed by atoms with Crippen LogP contribution >= 0.6 is 0 Å². The van der Waals surface area contributed by atoms with E-state index in [1.165, 1.54) is 24.7 Å². The molecule has 4 nitrogen and oxygen atoms in total. The van der Waals surface area contributed by atoms with Gasteiger partial charge in [0.15, 0.2) is 0 Å². The first-order valence-electron chi connectivity index (χ1n) is 9.40. The molecule has 2 aromatic rings. The van der Waals surface area contributed by atoms with E-state index in [9.17, 15) is 9.90 Å². The van der Waals surface area contributed by atoms with Gasteiger partial charge in [-0.05, 0) is 66.0 Å². The smallest absolute Gasteiger partial charge is 0.508 e. The quantitative estimate of drug-likeness (QED) is 0.560. The fourth-order valence-electron chi connectivity index (χ4n) is 4.94. The maximum Gasteiger partial charge on any atom is 0.513 e. The summed E-state index contributed by atoms with van der Waals surface area (Å²) in [5.74, 6) is 1.32. The molecule has 27 heavy (non-hydrogen) atoms. The fourth-order valence-corrected chi connectivity index (χ4v) is 4.94. The van der Waals surface area contributed by atoms with E-state index in [0.717, 1.165) is 12.8 Å². The van der Waals surface area contributed by atoms with Gasteiger partial charge in [0.2, 0.25) is 0 Å². The van der Waals surface area contributed by atoms with E-state index in [0.29, 0.717) is 11.7 Å². The molecule has 1 aliphatic carbocycles. The Morgan fingerprint density at radius 3 is 2.07 bits per heavy atom. The fraction of sp³-hybridized carbons (Fsp3) is 0.435. The minimum absolute atomic E-state index is 0.140. The van der Waals surface area contributed by atoms with Crippen molar-refractivity contribution in [3.8, 4) is 11.5 Å². The molecule has 0 radical (unpaired) electrons. The van der Waals surface area contributed by atoms with Crippen LogP contribution in [0.4, 0.5) is 4.79 Å². The molecule has 2 unspecified atom stereocenters. The summed E-state index contributed by atoms with van der Waals surface area (Å²) in [6.45, 7) is 6.96. The van der Waals surface area contributed by atoms with Crippen LogP contribution in [-0.2, 0) is 10.2 Å². The van der Waals surface area contributed by atoms with Crippen molar-refractivity contribution in [3.63, 3.8) is 0 Å². The summed E-state index contributed by atoms with van der Waals surface area (Å²) in [6, 6.07) is 15.3. The zero-order valence-electron chi connectivity index (χ0n) is 16.5. The average Bonchev–Trinajstić information content (AvgIpc) is 2.61. The maximum absolute atomic E-state index is 11.3. The Kier molecular flexibility index (Phi) is 5.18. The molecule has 4 heteroatoms. The Morgan fingerprint density at radius 2 is 1.56 bits per heavy atom. The average molecular weight is 368 g/mol. The van der Waals surface area contributed by atoms with Gasteiger partial charge in [-0.25, -0.2) is 4.79 Å². The van der Waals surface area contributed by atoms with E-state index in [2.05, 4.69) is 25.5 Å². The van der Waals surface area contributed by atoms with Crippen molar-refractivity contribution >= 4 is 6.16 Å². The number of rotatable bonds is 3. The molecule has 0 saturated heterocycles. The Bertz CT molecular complexity index is 792. The zero-order chi connectivity index (χ0) is 19.7. The number of methoxy groups -OCH3 is 1. The number of phenols is 1. The molecule has 1 N–H and O–H groups in total. The number of hydrogen-bond donors (Lipinski definition) is 1. The van der Waals surface area contributed by atoms with Gasteiger partial charge in [0.25, 0.3) is 0 Å². The molecule has 0 heterocycles. The summed E-state index contributed by atoms with van der Waals surface area (Å²) in [6.07, 6.45) is 2.53. The van der Waals surface area contributed by atoms with Crippen LogP contribution < -0.4 is 4.74 Å². The highest BCUT2D eigenvalue weighted by Gasteiger charge is 2.45. The molecule has 0 aromatic heterocycles. The SMILES string of the molecule is COC(=O)Oc1ccc(C2(c3ccc(O)cc3)CC(C)CC(C)(C)C2)cc1. The number of carbonyl (C=O) groups is 1. The van der Waals surface area contributed by atoms with Crippen molar-refractivity contribution < 1.29 is 19.4 Å². The van der Waals surface area contributed by atoms with Gasteiger partial charge >= 0.3 is 6.16 Å². The van der Waals surface area contributed by atoms with Crippen molar-refractivity contribution in [2.24, 2.45) is 11.3 Å². The predicted octanol–water partition coefficient (Wildman–Crippen LogP) is 5.67. The summed E-state index contributed by atoms with van der Waals surface area (Å²) < 4.78 is 9.69. The molecule has 0 bridgehead atoms. The third kappa shape index (κ3) is 4.10. The number of benzene rings is 2. The zero-order valence-corrected chi connectivity index (χ0v) is 16.5. The number of carbonyl (C=O) groups excluding carboxylic acids is 1. The highest BCUT2D eigenvalue weighted by molar-refractivity contribution is 5.63.